The number of thioether (sulfide) groups is 1. The van der Waals surface area contributed by atoms with Crippen molar-refractivity contribution in [3.8, 4) is 11.5 Å². The van der Waals surface area contributed by atoms with Gasteiger partial charge in [0.25, 0.3) is 0 Å². The van der Waals surface area contributed by atoms with Gasteiger partial charge in [-0.05, 0) is 35.9 Å². The van der Waals surface area contributed by atoms with Crippen molar-refractivity contribution >= 4 is 35.5 Å². The number of methoxy groups -OCH3 is 2. The molecule has 0 saturated carbocycles. The maximum atomic E-state index is 11.8. The Labute approximate surface area is 156 Å². The summed E-state index contributed by atoms with van der Waals surface area (Å²) in [4.78, 5) is 11.8. The molecule has 2 aromatic rings. The van der Waals surface area contributed by atoms with E-state index in [-0.39, 0.29) is 5.91 Å². The van der Waals surface area contributed by atoms with E-state index in [4.69, 9.17) is 21.1 Å². The van der Waals surface area contributed by atoms with E-state index < -0.39 is 0 Å². The van der Waals surface area contributed by atoms with Gasteiger partial charge in [-0.1, -0.05) is 23.7 Å². The molecule has 2 aromatic carbocycles. The largest absolute Gasteiger partial charge is 0.497 e. The summed E-state index contributed by atoms with van der Waals surface area (Å²) in [7, 11) is 3.16. The number of hydrogen-bond acceptors (Lipinski definition) is 5. The lowest BCUT2D eigenvalue weighted by atomic mass is 10.2. The molecule has 7 heteroatoms. The minimum absolute atomic E-state index is 0.169. The summed E-state index contributed by atoms with van der Waals surface area (Å²) in [5.74, 6) is 2.22. The highest BCUT2D eigenvalue weighted by molar-refractivity contribution is 7.99. The second-order valence-corrected chi connectivity index (χ2v) is 6.44. The maximum absolute atomic E-state index is 11.8. The summed E-state index contributed by atoms with van der Waals surface area (Å²) in [5, 5.41) is 4.67. The van der Waals surface area contributed by atoms with E-state index in [0.29, 0.717) is 22.3 Å². The van der Waals surface area contributed by atoms with Gasteiger partial charge in [-0.2, -0.15) is 5.10 Å². The van der Waals surface area contributed by atoms with Crippen molar-refractivity contribution in [3.05, 3.63) is 58.6 Å². The van der Waals surface area contributed by atoms with Crippen LogP contribution in [0.25, 0.3) is 0 Å². The topological polar surface area (TPSA) is 59.9 Å². The molecule has 1 N–H and O–H groups in total. The second kappa shape index (κ2) is 9.96. The molecule has 0 saturated heterocycles. The van der Waals surface area contributed by atoms with Crippen LogP contribution in [0, 0.1) is 0 Å². The molecular formula is C18H19ClN2O3S. The van der Waals surface area contributed by atoms with Gasteiger partial charge in [-0.15, -0.1) is 11.8 Å². The molecule has 0 unspecified atom stereocenters. The third-order valence-corrected chi connectivity index (χ3v) is 4.50. The van der Waals surface area contributed by atoms with Gasteiger partial charge in [0.2, 0.25) is 5.91 Å². The molecule has 132 valence electrons. The van der Waals surface area contributed by atoms with Gasteiger partial charge in [0, 0.05) is 16.3 Å². The van der Waals surface area contributed by atoms with E-state index in [1.165, 1.54) is 18.0 Å². The zero-order valence-corrected chi connectivity index (χ0v) is 15.6. The minimum atomic E-state index is -0.169. The van der Waals surface area contributed by atoms with Gasteiger partial charge in [0.05, 0.1) is 26.2 Å². The van der Waals surface area contributed by atoms with Gasteiger partial charge >= 0.3 is 0 Å². The van der Waals surface area contributed by atoms with E-state index >= 15 is 0 Å². The van der Waals surface area contributed by atoms with Crippen LogP contribution in [0.15, 0.2) is 47.6 Å². The van der Waals surface area contributed by atoms with Crippen LogP contribution in [0.2, 0.25) is 5.02 Å². The van der Waals surface area contributed by atoms with Crippen molar-refractivity contribution in [2.75, 3.05) is 20.0 Å². The number of hydrogen-bond donors (Lipinski definition) is 1. The molecule has 0 aromatic heterocycles. The van der Waals surface area contributed by atoms with Crippen LogP contribution in [-0.4, -0.2) is 32.1 Å². The van der Waals surface area contributed by atoms with Gasteiger partial charge in [0.1, 0.15) is 11.5 Å². The highest BCUT2D eigenvalue weighted by atomic mass is 35.5. The smallest absolute Gasteiger partial charge is 0.250 e. The standard InChI is InChI=1S/C18H19ClN2O3S/c1-23-16-7-8-17(24-2)14(9-16)10-20-21-18(22)12-25-11-13-3-5-15(19)6-4-13/h3-10H,11-12H2,1-2H3,(H,21,22). The fourth-order valence-corrected chi connectivity index (χ4v) is 2.89. The summed E-state index contributed by atoms with van der Waals surface area (Å²) in [5.41, 5.74) is 4.34. The minimum Gasteiger partial charge on any atom is -0.497 e. The van der Waals surface area contributed by atoms with Crippen molar-refractivity contribution in [1.29, 1.82) is 0 Å². The average molecular weight is 379 g/mol. The van der Waals surface area contributed by atoms with E-state index in [9.17, 15) is 4.79 Å². The molecule has 2 rings (SSSR count). The Bertz CT molecular complexity index is 736. The molecule has 0 heterocycles. The average Bonchev–Trinajstić information content (AvgIpc) is 2.63. The predicted octanol–water partition coefficient (Wildman–Crippen LogP) is 3.74. The number of carbonyl (C=O) groups excluding carboxylic acids is 1. The first-order chi connectivity index (χ1) is 12.1. The van der Waals surface area contributed by atoms with Crippen LogP contribution in [0.4, 0.5) is 0 Å². The zero-order chi connectivity index (χ0) is 18.1. The Morgan fingerprint density at radius 1 is 1.20 bits per heavy atom. The molecule has 0 fully saturated rings. The molecule has 0 bridgehead atoms. The Balaban J connectivity index is 1.81. The highest BCUT2D eigenvalue weighted by Crippen LogP contribution is 2.22. The van der Waals surface area contributed by atoms with Crippen molar-refractivity contribution in [1.82, 2.24) is 5.43 Å². The Morgan fingerprint density at radius 3 is 2.64 bits per heavy atom. The predicted molar refractivity (Wildman–Crippen MR) is 103 cm³/mol. The Hall–Kier alpha value is -2.18. The molecule has 0 aliphatic carbocycles. The van der Waals surface area contributed by atoms with Crippen LogP contribution in [-0.2, 0) is 10.5 Å². The summed E-state index contributed by atoms with van der Waals surface area (Å²) in [6, 6.07) is 12.9. The number of halogens is 1. The lowest BCUT2D eigenvalue weighted by Crippen LogP contribution is -2.19. The number of nitrogens with zero attached hydrogens (tertiary/aromatic N) is 1. The summed E-state index contributed by atoms with van der Waals surface area (Å²) < 4.78 is 10.4. The normalized spacial score (nSPS) is 10.7. The summed E-state index contributed by atoms with van der Waals surface area (Å²) in [6.07, 6.45) is 1.53. The monoisotopic (exact) mass is 378 g/mol. The van der Waals surface area contributed by atoms with Gasteiger partial charge in [0.15, 0.2) is 0 Å². The maximum Gasteiger partial charge on any atom is 0.250 e. The fraction of sp³-hybridized carbons (Fsp3) is 0.222. The molecule has 0 aliphatic heterocycles. The van der Waals surface area contributed by atoms with Gasteiger partial charge < -0.3 is 9.47 Å². The quantitative estimate of drug-likeness (QED) is 0.561. The lowest BCUT2D eigenvalue weighted by Gasteiger charge is -2.06. The fourth-order valence-electron chi connectivity index (χ4n) is 1.99. The second-order valence-electron chi connectivity index (χ2n) is 5.02. The van der Waals surface area contributed by atoms with Crippen molar-refractivity contribution in [2.24, 2.45) is 5.10 Å². The van der Waals surface area contributed by atoms with Crippen molar-refractivity contribution in [2.45, 2.75) is 5.75 Å². The van der Waals surface area contributed by atoms with Crippen LogP contribution in [0.1, 0.15) is 11.1 Å². The molecule has 0 radical (unpaired) electrons. The molecule has 1 amide bonds. The number of rotatable bonds is 8. The molecule has 5 nitrogen and oxygen atoms in total. The summed E-state index contributed by atoms with van der Waals surface area (Å²) >= 11 is 7.35. The number of nitrogens with one attached hydrogen (secondary N) is 1. The Morgan fingerprint density at radius 2 is 1.96 bits per heavy atom. The van der Waals surface area contributed by atoms with E-state index in [1.807, 2.05) is 24.3 Å². The first-order valence-electron chi connectivity index (χ1n) is 7.48. The SMILES string of the molecule is COc1ccc(OC)c(C=NNC(=O)CSCc2ccc(Cl)cc2)c1. The highest BCUT2D eigenvalue weighted by Gasteiger charge is 2.04. The number of carbonyl (C=O) groups is 1. The van der Waals surface area contributed by atoms with Crippen molar-refractivity contribution in [3.63, 3.8) is 0 Å². The van der Waals surface area contributed by atoms with E-state index in [1.54, 1.807) is 32.4 Å². The van der Waals surface area contributed by atoms with E-state index in [0.717, 1.165) is 16.9 Å². The van der Waals surface area contributed by atoms with Crippen LogP contribution < -0.4 is 14.9 Å². The number of amides is 1. The third kappa shape index (κ3) is 6.32. The lowest BCUT2D eigenvalue weighted by molar-refractivity contribution is -0.118. The van der Waals surface area contributed by atoms with Crippen LogP contribution in [0.3, 0.4) is 0 Å². The number of ether oxygens (including phenoxy) is 2. The van der Waals surface area contributed by atoms with Crippen LogP contribution in [0.5, 0.6) is 11.5 Å². The molecule has 25 heavy (non-hydrogen) atoms. The number of hydrazone groups is 1. The van der Waals surface area contributed by atoms with Gasteiger partial charge in [-0.3, -0.25) is 4.79 Å². The first-order valence-corrected chi connectivity index (χ1v) is 9.01. The molecule has 0 spiro atoms. The zero-order valence-electron chi connectivity index (χ0n) is 14.0. The van der Waals surface area contributed by atoms with Crippen LogP contribution >= 0.6 is 23.4 Å². The van der Waals surface area contributed by atoms with Gasteiger partial charge in [-0.25, -0.2) is 5.43 Å². The molecular weight excluding hydrogens is 360 g/mol. The molecule has 0 aliphatic rings. The number of benzene rings is 2. The molecule has 0 atom stereocenters. The van der Waals surface area contributed by atoms with Crippen molar-refractivity contribution < 1.29 is 14.3 Å². The van der Waals surface area contributed by atoms with E-state index in [2.05, 4.69) is 10.5 Å². The summed E-state index contributed by atoms with van der Waals surface area (Å²) in [6.45, 7) is 0. The first kappa shape index (κ1) is 19.1. The third-order valence-electron chi connectivity index (χ3n) is 3.24. The Kier molecular flexibility index (Phi) is 7.63.